The molecule has 2 fully saturated rings. The SMILES string of the molecule is C(OCC1CO1)C1CO1.COc1cc2c(c(OC)c1OC)O2. The van der Waals surface area contributed by atoms with Crippen LogP contribution in [0.2, 0.25) is 0 Å². The van der Waals surface area contributed by atoms with Gasteiger partial charge in [-0.1, -0.05) is 0 Å². The molecule has 7 heteroatoms. The van der Waals surface area contributed by atoms with Crippen LogP contribution in [0.4, 0.5) is 0 Å². The van der Waals surface area contributed by atoms with Gasteiger partial charge in [-0.25, -0.2) is 0 Å². The topological polar surface area (TPSA) is 74.5 Å². The van der Waals surface area contributed by atoms with Crippen molar-refractivity contribution in [2.75, 3.05) is 47.8 Å². The fourth-order valence-electron chi connectivity index (χ4n) is 1.93. The molecule has 4 rings (SSSR count). The number of hydrogen-bond donors (Lipinski definition) is 0. The summed E-state index contributed by atoms with van der Waals surface area (Å²) >= 11 is 0. The summed E-state index contributed by atoms with van der Waals surface area (Å²) in [4.78, 5) is 0. The Hall–Kier alpha value is -1.70. The second kappa shape index (κ2) is 6.60. The van der Waals surface area contributed by atoms with Crippen LogP contribution in [0.3, 0.4) is 0 Å². The molecule has 2 atom stereocenters. The average molecular weight is 312 g/mol. The van der Waals surface area contributed by atoms with Crippen LogP contribution in [0.15, 0.2) is 6.07 Å². The molecule has 122 valence electrons. The van der Waals surface area contributed by atoms with Gasteiger partial charge in [0.25, 0.3) is 0 Å². The van der Waals surface area contributed by atoms with Crippen molar-refractivity contribution in [1.29, 1.82) is 0 Å². The smallest absolute Gasteiger partial charge is 0.216 e. The predicted molar refractivity (Wildman–Crippen MR) is 76.5 cm³/mol. The molecule has 22 heavy (non-hydrogen) atoms. The lowest BCUT2D eigenvalue weighted by Gasteiger charge is -2.08. The van der Waals surface area contributed by atoms with E-state index in [1.54, 1.807) is 27.4 Å². The van der Waals surface area contributed by atoms with Gasteiger partial charge in [0.1, 0.15) is 12.2 Å². The number of methoxy groups -OCH3 is 3. The van der Waals surface area contributed by atoms with Crippen LogP contribution in [0.5, 0.6) is 28.7 Å². The molecule has 3 heterocycles. The van der Waals surface area contributed by atoms with Crippen molar-refractivity contribution in [3.8, 4) is 28.7 Å². The quantitative estimate of drug-likeness (QED) is 0.719. The highest BCUT2D eigenvalue weighted by molar-refractivity contribution is 5.73. The number of benzene rings is 1. The van der Waals surface area contributed by atoms with Gasteiger partial charge >= 0.3 is 0 Å². The molecule has 1 aromatic carbocycles. The van der Waals surface area contributed by atoms with E-state index in [1.165, 1.54) is 0 Å². The van der Waals surface area contributed by atoms with E-state index in [4.69, 9.17) is 33.2 Å². The summed E-state index contributed by atoms with van der Waals surface area (Å²) in [6, 6.07) is 1.77. The van der Waals surface area contributed by atoms with Gasteiger partial charge in [0.05, 0.1) is 47.8 Å². The van der Waals surface area contributed by atoms with Crippen LogP contribution in [0, 0.1) is 0 Å². The largest absolute Gasteiger partial charge is 0.493 e. The highest BCUT2D eigenvalue weighted by Gasteiger charge is 2.32. The molecule has 0 radical (unpaired) electrons. The molecule has 2 unspecified atom stereocenters. The van der Waals surface area contributed by atoms with E-state index < -0.39 is 0 Å². The van der Waals surface area contributed by atoms with Crippen molar-refractivity contribution in [1.82, 2.24) is 0 Å². The van der Waals surface area contributed by atoms with E-state index >= 15 is 0 Å². The summed E-state index contributed by atoms with van der Waals surface area (Å²) < 4.78 is 35.7. The first-order valence-electron chi connectivity index (χ1n) is 7.08. The van der Waals surface area contributed by atoms with Gasteiger partial charge in [-0.15, -0.1) is 0 Å². The minimum absolute atomic E-state index is 0.392. The lowest BCUT2D eigenvalue weighted by Crippen LogP contribution is -2.06. The van der Waals surface area contributed by atoms with E-state index in [1.807, 2.05) is 0 Å². The van der Waals surface area contributed by atoms with Crippen LogP contribution in [0.1, 0.15) is 0 Å². The van der Waals surface area contributed by atoms with E-state index in [2.05, 4.69) is 0 Å². The lowest BCUT2D eigenvalue weighted by molar-refractivity contribution is 0.102. The second-order valence-electron chi connectivity index (χ2n) is 5.02. The number of epoxide rings is 2. The molecule has 2 saturated heterocycles. The Labute approximate surface area is 128 Å². The highest BCUT2D eigenvalue weighted by atomic mass is 16.6. The van der Waals surface area contributed by atoms with E-state index in [0.29, 0.717) is 29.5 Å². The number of ether oxygens (including phenoxy) is 7. The Morgan fingerprint density at radius 1 is 0.955 bits per heavy atom. The second-order valence-corrected chi connectivity index (χ2v) is 5.02. The third-order valence-corrected chi connectivity index (χ3v) is 3.33. The Bertz CT molecular complexity index is 511. The van der Waals surface area contributed by atoms with Gasteiger partial charge in [0.15, 0.2) is 11.5 Å². The van der Waals surface area contributed by atoms with Crippen molar-refractivity contribution in [2.24, 2.45) is 0 Å². The van der Waals surface area contributed by atoms with Crippen molar-refractivity contribution >= 4 is 0 Å². The van der Waals surface area contributed by atoms with E-state index in [-0.39, 0.29) is 0 Å². The van der Waals surface area contributed by atoms with Crippen molar-refractivity contribution in [3.63, 3.8) is 0 Å². The van der Waals surface area contributed by atoms with Gasteiger partial charge in [-0.3, -0.25) is 0 Å². The van der Waals surface area contributed by atoms with Crippen molar-refractivity contribution in [2.45, 2.75) is 12.2 Å². The Kier molecular flexibility index (Phi) is 4.56. The molecule has 0 aliphatic carbocycles. The molecule has 0 aromatic heterocycles. The lowest BCUT2D eigenvalue weighted by atomic mass is 10.3. The van der Waals surface area contributed by atoms with E-state index in [0.717, 1.165) is 37.9 Å². The van der Waals surface area contributed by atoms with Gasteiger partial charge in [0, 0.05) is 6.07 Å². The number of fused-ring (bicyclic) bond motifs is 1. The first-order valence-corrected chi connectivity index (χ1v) is 7.08. The van der Waals surface area contributed by atoms with Gasteiger partial charge in [-0.2, -0.15) is 0 Å². The minimum atomic E-state index is 0.392. The van der Waals surface area contributed by atoms with Gasteiger partial charge in [0.2, 0.25) is 17.2 Å². The summed E-state index contributed by atoms with van der Waals surface area (Å²) in [7, 11) is 4.71. The number of hydrogen-bond acceptors (Lipinski definition) is 7. The first kappa shape index (κ1) is 15.2. The van der Waals surface area contributed by atoms with Gasteiger partial charge < -0.3 is 33.2 Å². The van der Waals surface area contributed by atoms with Crippen molar-refractivity contribution < 1.29 is 33.2 Å². The summed E-state index contributed by atoms with van der Waals surface area (Å²) in [5, 5.41) is 0. The third kappa shape index (κ3) is 3.73. The average Bonchev–Trinajstić information content (AvgIpc) is 3.36. The molecule has 0 spiro atoms. The third-order valence-electron chi connectivity index (χ3n) is 3.33. The molecular formula is C15H20O7. The zero-order valence-corrected chi connectivity index (χ0v) is 12.9. The molecule has 1 aromatic rings. The zero-order valence-electron chi connectivity index (χ0n) is 12.9. The number of rotatable bonds is 7. The maximum absolute atomic E-state index is 5.23. The normalized spacial score (nSPS) is 22.5. The monoisotopic (exact) mass is 312 g/mol. The molecule has 0 amide bonds. The molecule has 0 saturated carbocycles. The van der Waals surface area contributed by atoms with E-state index in [9.17, 15) is 0 Å². The zero-order chi connectivity index (χ0) is 15.5. The van der Waals surface area contributed by atoms with Crippen LogP contribution in [0.25, 0.3) is 0 Å². The summed E-state index contributed by atoms with van der Waals surface area (Å²) in [5.41, 5.74) is 0. The molecule has 7 nitrogen and oxygen atoms in total. The predicted octanol–water partition coefficient (Wildman–Crippen LogP) is 1.62. The molecule has 0 N–H and O–H groups in total. The van der Waals surface area contributed by atoms with Crippen LogP contribution >= 0.6 is 0 Å². The molecular weight excluding hydrogens is 292 g/mol. The van der Waals surface area contributed by atoms with Crippen molar-refractivity contribution in [3.05, 3.63) is 6.07 Å². The summed E-state index contributed by atoms with van der Waals surface area (Å²) in [6.07, 6.45) is 0.785. The molecule has 0 bridgehead atoms. The Morgan fingerprint density at radius 2 is 1.55 bits per heavy atom. The molecule has 3 aliphatic rings. The van der Waals surface area contributed by atoms with Crippen LogP contribution in [-0.2, 0) is 14.2 Å². The standard InChI is InChI=1S/C9H10O4.C6H10O3/c1-10-5-4-6-8(13-6)9(12-3)7(5)11-2;1(5-3-8-5)7-2-6-4-9-6/h4H,1-3H3;5-6H,1-4H2. The van der Waals surface area contributed by atoms with Gasteiger partial charge in [-0.05, 0) is 0 Å². The Morgan fingerprint density at radius 3 is 2.00 bits per heavy atom. The maximum Gasteiger partial charge on any atom is 0.216 e. The van der Waals surface area contributed by atoms with Crippen LogP contribution in [-0.4, -0.2) is 60.0 Å². The first-order chi connectivity index (χ1) is 10.8. The maximum atomic E-state index is 5.23. The Balaban J connectivity index is 0.000000139. The minimum Gasteiger partial charge on any atom is -0.493 e. The fourth-order valence-corrected chi connectivity index (χ4v) is 1.93. The highest BCUT2D eigenvalue weighted by Crippen LogP contribution is 2.60. The fraction of sp³-hybridized carbons (Fsp3) is 0.600. The summed E-state index contributed by atoms with van der Waals surface area (Å²) in [5.74, 6) is 3.31. The summed E-state index contributed by atoms with van der Waals surface area (Å²) in [6.45, 7) is 3.26. The molecule has 3 aliphatic heterocycles. The van der Waals surface area contributed by atoms with Crippen LogP contribution < -0.4 is 18.9 Å².